The summed E-state index contributed by atoms with van der Waals surface area (Å²) in [6, 6.07) is 11.1. The number of hydrogen-bond donors (Lipinski definition) is 1. The Morgan fingerprint density at radius 3 is 2.81 bits per heavy atom. The molecule has 0 aliphatic carbocycles. The van der Waals surface area contributed by atoms with E-state index < -0.39 is 0 Å². The van der Waals surface area contributed by atoms with Crippen LogP contribution in [0.4, 0.5) is 5.82 Å². The molecule has 3 heterocycles. The van der Waals surface area contributed by atoms with Gasteiger partial charge in [-0.3, -0.25) is 14.6 Å². The zero-order valence-corrected chi connectivity index (χ0v) is 15.6. The van der Waals surface area contributed by atoms with Crippen LogP contribution in [0.3, 0.4) is 0 Å². The number of rotatable bonds is 1. The van der Waals surface area contributed by atoms with Crippen LogP contribution in [0.5, 0.6) is 0 Å². The van der Waals surface area contributed by atoms with Gasteiger partial charge in [-0.2, -0.15) is 0 Å². The van der Waals surface area contributed by atoms with E-state index in [4.69, 9.17) is 0 Å². The highest BCUT2D eigenvalue weighted by Crippen LogP contribution is 2.10. The Hall–Kier alpha value is -2.96. The average Bonchev–Trinajstić information content (AvgIpc) is 2.70. The molecule has 0 radical (unpaired) electrons. The molecular formula is C20H25N5O2. The maximum absolute atomic E-state index is 12.8. The summed E-state index contributed by atoms with van der Waals surface area (Å²) in [4.78, 5) is 37.4. The van der Waals surface area contributed by atoms with Crippen LogP contribution < -0.4 is 5.32 Å². The van der Waals surface area contributed by atoms with Gasteiger partial charge in [0.25, 0.3) is 5.91 Å². The maximum atomic E-state index is 12.8. The number of carbonyl (C=O) groups is 2. The molecule has 2 aromatic heterocycles. The van der Waals surface area contributed by atoms with Crippen molar-refractivity contribution in [2.45, 2.75) is 19.3 Å². The second-order valence-electron chi connectivity index (χ2n) is 6.66. The molecule has 0 saturated heterocycles. The summed E-state index contributed by atoms with van der Waals surface area (Å²) in [6.07, 6.45) is 3.87. The smallest absolute Gasteiger partial charge is 0.272 e. The highest BCUT2D eigenvalue weighted by molar-refractivity contribution is 5.94. The summed E-state index contributed by atoms with van der Waals surface area (Å²) >= 11 is 0. The number of aromatic nitrogens is 2. The van der Waals surface area contributed by atoms with Crippen molar-refractivity contribution >= 4 is 17.6 Å². The summed E-state index contributed by atoms with van der Waals surface area (Å²) in [7, 11) is 1.77. The van der Waals surface area contributed by atoms with Gasteiger partial charge >= 0.3 is 0 Å². The lowest BCUT2D eigenvalue weighted by atomic mass is 10.2. The van der Waals surface area contributed by atoms with Crippen LogP contribution in [0.1, 0.15) is 29.0 Å². The largest absolute Gasteiger partial charge is 0.370 e. The van der Waals surface area contributed by atoms with E-state index in [1.54, 1.807) is 41.2 Å². The van der Waals surface area contributed by atoms with Gasteiger partial charge in [0.05, 0.1) is 0 Å². The molecule has 1 aliphatic heterocycles. The fourth-order valence-corrected chi connectivity index (χ4v) is 3.01. The second kappa shape index (κ2) is 9.12. The van der Waals surface area contributed by atoms with E-state index in [-0.39, 0.29) is 18.4 Å². The third-order valence-electron chi connectivity index (χ3n) is 4.57. The van der Waals surface area contributed by atoms with Crippen LogP contribution in [-0.4, -0.2) is 64.8 Å². The minimum absolute atomic E-state index is 0.0620. The van der Waals surface area contributed by atoms with Crippen molar-refractivity contribution in [1.29, 1.82) is 0 Å². The number of likely N-dealkylation sites (N-methyl/N-ethyl adjacent to an activating group) is 1. The fourth-order valence-electron chi connectivity index (χ4n) is 3.01. The summed E-state index contributed by atoms with van der Waals surface area (Å²) in [6.45, 7) is 1.91. The van der Waals surface area contributed by atoms with Crippen molar-refractivity contribution in [2.24, 2.45) is 0 Å². The van der Waals surface area contributed by atoms with Crippen molar-refractivity contribution in [1.82, 2.24) is 19.8 Å². The number of carbonyl (C=O) groups excluding carboxylic acids is 2. The predicted octanol–water partition coefficient (Wildman–Crippen LogP) is 1.83. The van der Waals surface area contributed by atoms with E-state index in [9.17, 15) is 9.59 Å². The summed E-state index contributed by atoms with van der Waals surface area (Å²) in [5.74, 6) is 0.570. The van der Waals surface area contributed by atoms with Gasteiger partial charge in [-0.25, -0.2) is 4.98 Å². The molecule has 7 heteroatoms. The van der Waals surface area contributed by atoms with E-state index in [0.29, 0.717) is 18.8 Å². The highest BCUT2D eigenvalue weighted by atomic mass is 16.2. The molecule has 1 N–H and O–H groups in total. The van der Waals surface area contributed by atoms with Gasteiger partial charge < -0.3 is 15.1 Å². The normalized spacial score (nSPS) is 16.4. The predicted molar refractivity (Wildman–Crippen MR) is 103 cm³/mol. The number of pyridine rings is 2. The summed E-state index contributed by atoms with van der Waals surface area (Å²) in [5.41, 5.74) is 1.34. The number of fused-ring (bicyclic) bond motifs is 2. The summed E-state index contributed by atoms with van der Waals surface area (Å²) < 4.78 is 0. The van der Waals surface area contributed by atoms with Gasteiger partial charge in [-0.15, -0.1) is 0 Å². The van der Waals surface area contributed by atoms with E-state index >= 15 is 0 Å². The molecule has 0 aromatic carbocycles. The molecule has 0 spiro atoms. The Morgan fingerprint density at radius 2 is 2.00 bits per heavy atom. The molecule has 2 bridgehead atoms. The van der Waals surface area contributed by atoms with Gasteiger partial charge in [-0.1, -0.05) is 12.1 Å². The van der Waals surface area contributed by atoms with Crippen molar-refractivity contribution < 1.29 is 9.59 Å². The zero-order chi connectivity index (χ0) is 19.1. The zero-order valence-electron chi connectivity index (χ0n) is 15.6. The van der Waals surface area contributed by atoms with Gasteiger partial charge in [0.1, 0.15) is 18.1 Å². The molecule has 142 valence electrons. The number of nitrogens with one attached hydrogen (secondary N) is 1. The van der Waals surface area contributed by atoms with Gasteiger partial charge in [0, 0.05) is 38.6 Å². The second-order valence-corrected chi connectivity index (χ2v) is 6.66. The Labute approximate surface area is 159 Å². The number of anilines is 1. The first kappa shape index (κ1) is 18.8. The molecule has 0 atom stereocenters. The third kappa shape index (κ3) is 5.26. The molecule has 3 rings (SSSR count). The van der Waals surface area contributed by atoms with E-state index in [2.05, 4.69) is 15.3 Å². The van der Waals surface area contributed by atoms with E-state index in [1.807, 2.05) is 18.2 Å². The fraction of sp³-hybridized carbons (Fsp3) is 0.400. The lowest BCUT2D eigenvalue weighted by molar-refractivity contribution is -0.130. The van der Waals surface area contributed by atoms with Crippen LogP contribution in [-0.2, 0) is 11.2 Å². The molecular weight excluding hydrogens is 342 g/mol. The Balaban J connectivity index is 1.78. The molecule has 27 heavy (non-hydrogen) atoms. The molecule has 0 saturated carbocycles. The molecule has 2 amide bonds. The number of nitrogens with zero attached hydrogens (tertiary/aromatic N) is 4. The van der Waals surface area contributed by atoms with Gasteiger partial charge in [0.15, 0.2) is 0 Å². The topological polar surface area (TPSA) is 78.4 Å². The minimum atomic E-state index is -0.215. The Kier molecular flexibility index (Phi) is 6.35. The number of aryl methyl sites for hydroxylation is 1. The standard InChI is InChI=1S/C20H25N5O2/c1-24-13-6-12-22-18-10-4-7-16(23-18)8-5-14-25(15-19(24)26)20(27)17-9-2-3-11-21-17/h2-4,7,9-11H,5-6,8,12-15H2,1H3,(H,22,23). The molecule has 7 nitrogen and oxygen atoms in total. The van der Waals surface area contributed by atoms with Crippen molar-refractivity contribution in [3.63, 3.8) is 0 Å². The first-order chi connectivity index (χ1) is 13.1. The number of amides is 2. The maximum Gasteiger partial charge on any atom is 0.272 e. The lowest BCUT2D eigenvalue weighted by Gasteiger charge is -2.25. The molecule has 1 aliphatic rings. The summed E-state index contributed by atoms with van der Waals surface area (Å²) in [5, 5.41) is 3.30. The molecule has 0 fully saturated rings. The van der Waals surface area contributed by atoms with Crippen LogP contribution in [0.2, 0.25) is 0 Å². The quantitative estimate of drug-likeness (QED) is 0.832. The van der Waals surface area contributed by atoms with Crippen molar-refractivity contribution in [3.8, 4) is 0 Å². The number of hydrogen-bond acceptors (Lipinski definition) is 5. The van der Waals surface area contributed by atoms with Gasteiger partial charge in [-0.05, 0) is 43.5 Å². The van der Waals surface area contributed by atoms with Crippen LogP contribution in [0.15, 0.2) is 42.6 Å². The van der Waals surface area contributed by atoms with Crippen LogP contribution >= 0.6 is 0 Å². The first-order valence-corrected chi connectivity index (χ1v) is 9.27. The highest BCUT2D eigenvalue weighted by Gasteiger charge is 2.21. The SMILES string of the molecule is CN1CCCNc2cccc(n2)CCCN(C(=O)c2ccccn2)CC1=O. The third-order valence-corrected chi connectivity index (χ3v) is 4.57. The van der Waals surface area contributed by atoms with Crippen LogP contribution in [0.25, 0.3) is 0 Å². The Morgan fingerprint density at radius 1 is 1.11 bits per heavy atom. The van der Waals surface area contributed by atoms with Crippen molar-refractivity contribution in [2.75, 3.05) is 38.5 Å². The minimum Gasteiger partial charge on any atom is -0.370 e. The first-order valence-electron chi connectivity index (χ1n) is 9.27. The van der Waals surface area contributed by atoms with Gasteiger partial charge in [0.2, 0.25) is 5.91 Å². The molecule has 0 unspecified atom stereocenters. The van der Waals surface area contributed by atoms with Crippen LogP contribution in [0, 0.1) is 0 Å². The van der Waals surface area contributed by atoms with E-state index in [0.717, 1.165) is 37.3 Å². The van der Waals surface area contributed by atoms with E-state index in [1.165, 1.54) is 0 Å². The molecule has 2 aromatic rings. The van der Waals surface area contributed by atoms with Crippen molar-refractivity contribution in [3.05, 3.63) is 54.0 Å². The average molecular weight is 367 g/mol. The monoisotopic (exact) mass is 367 g/mol. The Bertz CT molecular complexity index is 781. The lowest BCUT2D eigenvalue weighted by Crippen LogP contribution is -2.42.